The van der Waals surface area contributed by atoms with Crippen LogP contribution >= 0.6 is 0 Å². The van der Waals surface area contributed by atoms with Crippen LogP contribution in [0.3, 0.4) is 0 Å². The first-order valence-corrected chi connectivity index (χ1v) is 7.46. The summed E-state index contributed by atoms with van der Waals surface area (Å²) >= 11 is 0. The van der Waals surface area contributed by atoms with Crippen LogP contribution in [-0.2, 0) is 14.3 Å². The Morgan fingerprint density at radius 3 is 2.41 bits per heavy atom. The number of hydrogen-bond donors (Lipinski definition) is 0. The predicted molar refractivity (Wildman–Crippen MR) is 74.6 cm³/mol. The molecular weight excluding hydrogens is 321 g/mol. The highest BCUT2D eigenvalue weighted by Crippen LogP contribution is 2.24. The number of fused-ring (bicyclic) bond motifs is 1. The molecule has 0 bridgehead atoms. The molecule has 0 fully saturated rings. The van der Waals surface area contributed by atoms with E-state index in [2.05, 4.69) is 4.18 Å². The molecule has 22 heavy (non-hydrogen) atoms. The highest BCUT2D eigenvalue weighted by molar-refractivity contribution is 7.87. The van der Waals surface area contributed by atoms with E-state index in [0.717, 1.165) is 16.8 Å². The van der Waals surface area contributed by atoms with Gasteiger partial charge in [-0.2, -0.15) is 21.6 Å². The van der Waals surface area contributed by atoms with E-state index in [4.69, 9.17) is 4.74 Å². The lowest BCUT2D eigenvalue weighted by Crippen LogP contribution is -2.23. The summed E-state index contributed by atoms with van der Waals surface area (Å²) in [6.07, 6.45) is 1.46. The largest absolute Gasteiger partial charge is 0.534 e. The Kier molecular flexibility index (Phi) is 4.60. The summed E-state index contributed by atoms with van der Waals surface area (Å²) < 4.78 is 66.1. The van der Waals surface area contributed by atoms with Crippen LogP contribution in [0.2, 0.25) is 0 Å². The zero-order valence-corrected chi connectivity index (χ0v) is 11.9. The molecule has 2 aromatic rings. The van der Waals surface area contributed by atoms with E-state index in [9.17, 15) is 21.6 Å². The van der Waals surface area contributed by atoms with Gasteiger partial charge in [0, 0.05) is 0 Å². The van der Waals surface area contributed by atoms with Crippen molar-refractivity contribution in [3.8, 4) is 5.75 Å². The number of rotatable bonds is 5. The van der Waals surface area contributed by atoms with Gasteiger partial charge in [-0.1, -0.05) is 30.3 Å². The van der Waals surface area contributed by atoms with Gasteiger partial charge in [0.1, 0.15) is 18.6 Å². The molecule has 0 aliphatic rings. The molecule has 4 nitrogen and oxygen atoms in total. The highest BCUT2D eigenvalue weighted by atomic mass is 32.2. The monoisotopic (exact) mass is 332 g/mol. The molecule has 0 radical (unpaired) electrons. The van der Waals surface area contributed by atoms with Gasteiger partial charge in [-0.3, -0.25) is 0 Å². The first-order valence-electron chi connectivity index (χ1n) is 6.06. The van der Waals surface area contributed by atoms with Crippen molar-refractivity contribution in [3.63, 3.8) is 0 Å². The van der Waals surface area contributed by atoms with E-state index in [0.29, 0.717) is 12.0 Å². The Balaban J connectivity index is 1.91. The molecule has 0 atom stereocenters. The van der Waals surface area contributed by atoms with Crippen molar-refractivity contribution in [2.75, 3.05) is 6.61 Å². The molecule has 2 aromatic carbocycles. The van der Waals surface area contributed by atoms with Crippen LogP contribution in [-0.4, -0.2) is 20.5 Å². The first-order chi connectivity index (χ1) is 10.3. The molecule has 0 saturated heterocycles. The zero-order chi connectivity index (χ0) is 16.2. The van der Waals surface area contributed by atoms with E-state index in [1.807, 2.05) is 30.3 Å². The second kappa shape index (κ2) is 6.27. The summed E-state index contributed by atoms with van der Waals surface area (Å²) in [5.74, 6) is 0.502. The molecule has 0 saturated carbocycles. The second-order valence-electron chi connectivity index (χ2n) is 4.19. The van der Waals surface area contributed by atoms with Crippen molar-refractivity contribution < 1.29 is 30.5 Å². The van der Waals surface area contributed by atoms with Crippen LogP contribution in [0.4, 0.5) is 13.2 Å². The van der Waals surface area contributed by atoms with E-state index in [1.54, 1.807) is 12.1 Å². The Bertz CT molecular complexity index is 782. The van der Waals surface area contributed by atoms with E-state index in [-0.39, 0.29) is 6.61 Å². The molecule has 0 unspecified atom stereocenters. The minimum absolute atomic E-state index is 0.133. The van der Waals surface area contributed by atoms with Gasteiger partial charge >= 0.3 is 15.6 Å². The van der Waals surface area contributed by atoms with Gasteiger partial charge in [0.2, 0.25) is 0 Å². The lowest BCUT2D eigenvalue weighted by Gasteiger charge is -2.06. The van der Waals surface area contributed by atoms with Gasteiger partial charge in [-0.05, 0) is 29.0 Å². The minimum atomic E-state index is -5.61. The number of hydrogen-bond acceptors (Lipinski definition) is 4. The van der Waals surface area contributed by atoms with Crippen LogP contribution in [0.25, 0.3) is 10.8 Å². The zero-order valence-electron chi connectivity index (χ0n) is 11.1. The highest BCUT2D eigenvalue weighted by Gasteiger charge is 2.47. The van der Waals surface area contributed by atoms with Crippen molar-refractivity contribution in [1.82, 2.24) is 0 Å². The molecule has 0 aliphatic heterocycles. The number of alkyl halides is 3. The second-order valence-corrected chi connectivity index (χ2v) is 5.75. The molecule has 0 aliphatic carbocycles. The predicted octanol–water partition coefficient (Wildman–Crippen LogP) is 3.60. The maximum atomic E-state index is 12.0. The summed E-state index contributed by atoms with van der Waals surface area (Å²) in [6, 6.07) is 12.9. The minimum Gasteiger partial charge on any atom is -0.489 e. The SMILES string of the molecule is O=S(=O)(OC=CCOc1ccc2ccccc2c1)C(F)(F)F. The molecule has 2 rings (SSSR count). The topological polar surface area (TPSA) is 52.6 Å². The molecule has 0 heterocycles. The van der Waals surface area contributed by atoms with Gasteiger partial charge < -0.3 is 8.92 Å². The Labute approximate surface area is 124 Å². The van der Waals surface area contributed by atoms with Crippen LogP contribution in [0.1, 0.15) is 0 Å². The Morgan fingerprint density at radius 1 is 1.05 bits per heavy atom. The lowest BCUT2D eigenvalue weighted by molar-refractivity contribution is -0.0515. The number of benzene rings is 2. The molecule has 0 N–H and O–H groups in total. The van der Waals surface area contributed by atoms with Crippen molar-refractivity contribution in [3.05, 3.63) is 54.8 Å². The van der Waals surface area contributed by atoms with Crippen LogP contribution in [0.5, 0.6) is 5.75 Å². The number of ether oxygens (including phenoxy) is 1. The molecule has 118 valence electrons. The lowest BCUT2D eigenvalue weighted by atomic mass is 10.1. The van der Waals surface area contributed by atoms with E-state index < -0.39 is 15.6 Å². The summed E-state index contributed by atoms with van der Waals surface area (Å²) in [4.78, 5) is 0. The normalized spacial score (nSPS) is 12.7. The fourth-order valence-electron chi connectivity index (χ4n) is 1.61. The van der Waals surface area contributed by atoms with Gasteiger partial charge in [-0.15, -0.1) is 0 Å². The van der Waals surface area contributed by atoms with Gasteiger partial charge in [0.05, 0.1) is 0 Å². The van der Waals surface area contributed by atoms with Crippen molar-refractivity contribution in [2.24, 2.45) is 0 Å². The summed E-state index contributed by atoms with van der Waals surface area (Å²) in [5, 5.41) is 1.96. The van der Waals surface area contributed by atoms with E-state index in [1.165, 1.54) is 0 Å². The molecule has 8 heteroatoms. The molecule has 0 amide bonds. The Hall–Kier alpha value is -2.22. The first kappa shape index (κ1) is 16.2. The third-order valence-corrected chi connectivity index (χ3v) is 3.56. The third-order valence-electron chi connectivity index (χ3n) is 2.63. The van der Waals surface area contributed by atoms with Gasteiger partial charge in [-0.25, -0.2) is 0 Å². The maximum Gasteiger partial charge on any atom is 0.534 e. The van der Waals surface area contributed by atoms with Crippen LogP contribution in [0, 0.1) is 0 Å². The molecular formula is C14H11F3O4S. The van der Waals surface area contributed by atoms with Crippen LogP contribution < -0.4 is 4.74 Å². The summed E-state index contributed by atoms with van der Waals surface area (Å²) in [6.45, 7) is -0.133. The van der Waals surface area contributed by atoms with Crippen molar-refractivity contribution in [1.29, 1.82) is 0 Å². The average molecular weight is 332 g/mol. The third kappa shape index (κ3) is 3.91. The van der Waals surface area contributed by atoms with E-state index >= 15 is 0 Å². The fourth-order valence-corrected chi connectivity index (χ4v) is 1.94. The molecule has 0 spiro atoms. The van der Waals surface area contributed by atoms with Gasteiger partial charge in [0.25, 0.3) is 0 Å². The fraction of sp³-hybridized carbons (Fsp3) is 0.143. The average Bonchev–Trinajstić information content (AvgIpc) is 2.45. The number of halogens is 3. The van der Waals surface area contributed by atoms with Crippen LogP contribution in [0.15, 0.2) is 54.8 Å². The Morgan fingerprint density at radius 2 is 1.73 bits per heavy atom. The van der Waals surface area contributed by atoms with Crippen molar-refractivity contribution >= 4 is 20.9 Å². The smallest absolute Gasteiger partial charge is 0.489 e. The summed E-state index contributed by atoms with van der Waals surface area (Å²) in [7, 11) is -5.61. The standard InChI is InChI=1S/C14H11F3O4S/c15-14(16,17)22(18,19)21-9-3-8-20-13-7-6-11-4-1-2-5-12(11)10-13/h1-7,9-10H,8H2. The maximum absolute atomic E-state index is 12.0. The molecule has 0 aromatic heterocycles. The summed E-state index contributed by atoms with van der Waals surface area (Å²) in [5.41, 5.74) is -5.45. The quantitative estimate of drug-likeness (QED) is 0.477. The van der Waals surface area contributed by atoms with Gasteiger partial charge in [0.15, 0.2) is 0 Å². The van der Waals surface area contributed by atoms with Crippen molar-refractivity contribution in [2.45, 2.75) is 5.51 Å².